The standard InChI is InChI=1S/C17H25NO3/c1-11-6-7-13(10-21-16(20)17(3,4)5)8-14(11)15(9-18)12(2)19/h6-8,15H,9-10,18H2,1-5H3. The van der Waals surface area contributed by atoms with E-state index in [1.54, 1.807) is 6.92 Å². The maximum absolute atomic E-state index is 11.8. The van der Waals surface area contributed by atoms with Gasteiger partial charge in [-0.05, 0) is 51.3 Å². The molecule has 0 aliphatic rings. The smallest absolute Gasteiger partial charge is 0.311 e. The maximum Gasteiger partial charge on any atom is 0.311 e. The summed E-state index contributed by atoms with van der Waals surface area (Å²) in [6.45, 7) is 9.43. The highest BCUT2D eigenvalue weighted by Crippen LogP contribution is 2.23. The van der Waals surface area contributed by atoms with Gasteiger partial charge in [0.15, 0.2) is 0 Å². The van der Waals surface area contributed by atoms with E-state index in [4.69, 9.17) is 10.5 Å². The van der Waals surface area contributed by atoms with E-state index in [0.717, 1.165) is 16.7 Å². The van der Waals surface area contributed by atoms with Gasteiger partial charge in [0.2, 0.25) is 0 Å². The molecule has 0 spiro atoms. The maximum atomic E-state index is 11.8. The molecule has 0 aliphatic carbocycles. The van der Waals surface area contributed by atoms with E-state index < -0.39 is 5.41 Å². The van der Waals surface area contributed by atoms with Crippen LogP contribution in [0.5, 0.6) is 0 Å². The molecule has 4 heteroatoms. The fourth-order valence-corrected chi connectivity index (χ4v) is 2.03. The molecule has 1 atom stereocenters. The van der Waals surface area contributed by atoms with Crippen LogP contribution in [0.15, 0.2) is 18.2 Å². The number of ketones is 1. The molecular weight excluding hydrogens is 266 g/mol. The van der Waals surface area contributed by atoms with Crippen molar-refractivity contribution in [2.75, 3.05) is 6.54 Å². The first kappa shape index (κ1) is 17.4. The van der Waals surface area contributed by atoms with Crippen LogP contribution in [0, 0.1) is 12.3 Å². The zero-order valence-corrected chi connectivity index (χ0v) is 13.5. The molecule has 0 radical (unpaired) electrons. The van der Waals surface area contributed by atoms with Gasteiger partial charge in [0.05, 0.1) is 11.3 Å². The highest BCUT2D eigenvalue weighted by Gasteiger charge is 2.23. The summed E-state index contributed by atoms with van der Waals surface area (Å²) in [4.78, 5) is 23.5. The third-order valence-electron chi connectivity index (χ3n) is 3.43. The van der Waals surface area contributed by atoms with E-state index in [1.807, 2.05) is 45.9 Å². The number of aryl methyl sites for hydroxylation is 1. The highest BCUT2D eigenvalue weighted by molar-refractivity contribution is 5.84. The van der Waals surface area contributed by atoms with Crippen LogP contribution in [0.2, 0.25) is 0 Å². The first-order valence-corrected chi connectivity index (χ1v) is 7.14. The van der Waals surface area contributed by atoms with Crippen molar-refractivity contribution in [2.45, 2.75) is 47.1 Å². The first-order valence-electron chi connectivity index (χ1n) is 7.14. The van der Waals surface area contributed by atoms with Gasteiger partial charge in [-0.15, -0.1) is 0 Å². The molecule has 21 heavy (non-hydrogen) atoms. The molecule has 116 valence electrons. The molecule has 0 bridgehead atoms. The minimum absolute atomic E-state index is 0.0458. The average Bonchev–Trinajstić information content (AvgIpc) is 2.38. The van der Waals surface area contributed by atoms with Crippen LogP contribution in [0.3, 0.4) is 0 Å². The Hall–Kier alpha value is -1.68. The minimum atomic E-state index is -0.521. The lowest BCUT2D eigenvalue weighted by Gasteiger charge is -2.18. The fraction of sp³-hybridized carbons (Fsp3) is 0.529. The summed E-state index contributed by atoms with van der Waals surface area (Å²) in [6, 6.07) is 5.74. The van der Waals surface area contributed by atoms with E-state index in [-0.39, 0.29) is 30.8 Å². The molecule has 0 saturated heterocycles. The number of esters is 1. The number of carbonyl (C=O) groups is 2. The Bertz CT molecular complexity index is 529. The molecular formula is C17H25NO3. The van der Waals surface area contributed by atoms with Crippen LogP contribution in [-0.2, 0) is 20.9 Å². The van der Waals surface area contributed by atoms with Crippen molar-refractivity contribution in [3.63, 3.8) is 0 Å². The van der Waals surface area contributed by atoms with E-state index in [0.29, 0.717) is 0 Å². The van der Waals surface area contributed by atoms with Gasteiger partial charge in [-0.1, -0.05) is 18.2 Å². The SMILES string of the molecule is CC(=O)C(CN)c1cc(COC(=O)C(C)(C)C)ccc1C. The van der Waals surface area contributed by atoms with Crippen LogP contribution in [0.25, 0.3) is 0 Å². The number of Topliss-reactive ketones (excluding diaryl/α,β-unsaturated/α-hetero) is 1. The van der Waals surface area contributed by atoms with Gasteiger partial charge in [-0.2, -0.15) is 0 Å². The molecule has 1 unspecified atom stereocenters. The fourth-order valence-electron chi connectivity index (χ4n) is 2.03. The molecule has 0 heterocycles. The Kier molecular flexibility index (Phi) is 5.67. The van der Waals surface area contributed by atoms with Crippen molar-refractivity contribution in [3.8, 4) is 0 Å². The quantitative estimate of drug-likeness (QED) is 0.847. The van der Waals surface area contributed by atoms with Crippen molar-refractivity contribution in [1.29, 1.82) is 0 Å². The summed E-state index contributed by atoms with van der Waals surface area (Å²) in [5.74, 6) is -0.501. The minimum Gasteiger partial charge on any atom is -0.460 e. The second kappa shape index (κ2) is 6.85. The number of benzene rings is 1. The van der Waals surface area contributed by atoms with Gasteiger partial charge in [0.25, 0.3) is 0 Å². The van der Waals surface area contributed by atoms with Crippen molar-refractivity contribution < 1.29 is 14.3 Å². The molecule has 1 aromatic rings. The Morgan fingerprint density at radius 1 is 1.29 bits per heavy atom. The lowest BCUT2D eigenvalue weighted by atomic mass is 9.90. The second-order valence-electron chi connectivity index (χ2n) is 6.42. The number of ether oxygens (including phenoxy) is 1. The van der Waals surface area contributed by atoms with Gasteiger partial charge >= 0.3 is 5.97 Å². The van der Waals surface area contributed by atoms with Gasteiger partial charge in [0, 0.05) is 6.54 Å². The summed E-state index contributed by atoms with van der Waals surface area (Å²) in [5.41, 5.74) is 7.98. The first-order chi connectivity index (χ1) is 9.66. The number of hydrogen-bond acceptors (Lipinski definition) is 4. The van der Waals surface area contributed by atoms with E-state index in [1.165, 1.54) is 0 Å². The molecule has 0 fully saturated rings. The van der Waals surface area contributed by atoms with Crippen LogP contribution in [0.1, 0.15) is 50.3 Å². The van der Waals surface area contributed by atoms with E-state index in [2.05, 4.69) is 0 Å². The molecule has 2 N–H and O–H groups in total. The number of carbonyl (C=O) groups excluding carboxylic acids is 2. The Balaban J connectivity index is 2.92. The third kappa shape index (κ3) is 4.67. The third-order valence-corrected chi connectivity index (χ3v) is 3.43. The molecule has 1 rings (SSSR count). The molecule has 0 saturated carbocycles. The largest absolute Gasteiger partial charge is 0.460 e. The van der Waals surface area contributed by atoms with E-state index in [9.17, 15) is 9.59 Å². The van der Waals surface area contributed by atoms with Gasteiger partial charge in [-0.3, -0.25) is 9.59 Å². The summed E-state index contributed by atoms with van der Waals surface area (Å²) in [5, 5.41) is 0. The molecule has 0 aromatic heterocycles. The zero-order chi connectivity index (χ0) is 16.2. The van der Waals surface area contributed by atoms with Crippen LogP contribution < -0.4 is 5.73 Å². The second-order valence-corrected chi connectivity index (χ2v) is 6.42. The van der Waals surface area contributed by atoms with Gasteiger partial charge in [-0.25, -0.2) is 0 Å². The molecule has 1 aromatic carbocycles. The number of hydrogen-bond donors (Lipinski definition) is 1. The molecule has 0 amide bonds. The summed E-state index contributed by atoms with van der Waals surface area (Å²) in [6.07, 6.45) is 0. The Labute approximate surface area is 126 Å². The van der Waals surface area contributed by atoms with Gasteiger partial charge < -0.3 is 10.5 Å². The average molecular weight is 291 g/mol. The van der Waals surface area contributed by atoms with Crippen molar-refractivity contribution in [2.24, 2.45) is 11.1 Å². The lowest BCUT2D eigenvalue weighted by molar-refractivity contribution is -0.154. The predicted octanol–water partition coefficient (Wildman–Crippen LogP) is 2.72. The van der Waals surface area contributed by atoms with Crippen LogP contribution >= 0.6 is 0 Å². The van der Waals surface area contributed by atoms with Crippen LogP contribution in [-0.4, -0.2) is 18.3 Å². The monoisotopic (exact) mass is 291 g/mol. The molecule has 0 aliphatic heterocycles. The summed E-state index contributed by atoms with van der Waals surface area (Å²) < 4.78 is 5.31. The number of nitrogens with two attached hydrogens (primary N) is 1. The summed E-state index contributed by atoms with van der Waals surface area (Å²) in [7, 11) is 0. The number of rotatable bonds is 5. The summed E-state index contributed by atoms with van der Waals surface area (Å²) >= 11 is 0. The Morgan fingerprint density at radius 3 is 2.38 bits per heavy atom. The normalized spacial score (nSPS) is 12.9. The Morgan fingerprint density at radius 2 is 1.90 bits per heavy atom. The van der Waals surface area contributed by atoms with Crippen molar-refractivity contribution in [3.05, 3.63) is 34.9 Å². The highest BCUT2D eigenvalue weighted by atomic mass is 16.5. The van der Waals surface area contributed by atoms with Crippen molar-refractivity contribution in [1.82, 2.24) is 0 Å². The van der Waals surface area contributed by atoms with E-state index >= 15 is 0 Å². The predicted molar refractivity (Wildman–Crippen MR) is 82.9 cm³/mol. The lowest BCUT2D eigenvalue weighted by Crippen LogP contribution is -2.23. The zero-order valence-electron chi connectivity index (χ0n) is 13.5. The molecule has 4 nitrogen and oxygen atoms in total. The van der Waals surface area contributed by atoms with Crippen molar-refractivity contribution >= 4 is 11.8 Å². The topological polar surface area (TPSA) is 69.4 Å². The van der Waals surface area contributed by atoms with Crippen LogP contribution in [0.4, 0.5) is 0 Å². The van der Waals surface area contributed by atoms with Gasteiger partial charge in [0.1, 0.15) is 12.4 Å².